The summed E-state index contributed by atoms with van der Waals surface area (Å²) in [5, 5.41) is 3.56. The van der Waals surface area contributed by atoms with E-state index in [9.17, 15) is 0 Å². The van der Waals surface area contributed by atoms with Crippen LogP contribution in [0.5, 0.6) is 0 Å². The van der Waals surface area contributed by atoms with Crippen LogP contribution in [-0.2, 0) is 12.0 Å². The summed E-state index contributed by atoms with van der Waals surface area (Å²) in [4.78, 5) is 0. The van der Waals surface area contributed by atoms with Crippen molar-refractivity contribution in [3.8, 4) is 0 Å². The molecule has 1 saturated carbocycles. The van der Waals surface area contributed by atoms with E-state index in [1.54, 1.807) is 0 Å². The third kappa shape index (κ3) is 3.33. The molecule has 1 aromatic rings. The van der Waals surface area contributed by atoms with Crippen LogP contribution in [0.2, 0.25) is 0 Å². The molecule has 0 aromatic heterocycles. The number of hydrogen-bond donors (Lipinski definition) is 1. The normalized spacial score (nSPS) is 16.5. The molecule has 2 heteroatoms. The quantitative estimate of drug-likeness (QED) is 0.883. The molecule has 1 aliphatic carbocycles. The smallest absolute Gasteiger partial charge is 0.0208 e. The molecule has 0 heterocycles. The highest BCUT2D eigenvalue weighted by atomic mass is 79.9. The van der Waals surface area contributed by atoms with E-state index < -0.39 is 0 Å². The van der Waals surface area contributed by atoms with Crippen molar-refractivity contribution in [2.24, 2.45) is 0 Å². The molecule has 0 atom stereocenters. The monoisotopic (exact) mass is 281 g/mol. The molecule has 2 rings (SSSR count). The van der Waals surface area contributed by atoms with E-state index >= 15 is 0 Å². The first-order valence-electron chi connectivity index (χ1n) is 5.98. The fraction of sp³-hybridized carbons (Fsp3) is 0.571. The maximum absolute atomic E-state index is 3.60. The zero-order valence-electron chi connectivity index (χ0n) is 10.3. The first-order chi connectivity index (χ1) is 7.45. The Kier molecular flexibility index (Phi) is 3.41. The summed E-state index contributed by atoms with van der Waals surface area (Å²) in [6.45, 7) is 7.76. The van der Waals surface area contributed by atoms with Crippen LogP contribution in [0.25, 0.3) is 0 Å². The van der Waals surface area contributed by atoms with Gasteiger partial charge in [0.15, 0.2) is 0 Å². The fourth-order valence-corrected chi connectivity index (χ4v) is 2.28. The van der Waals surface area contributed by atoms with Crippen LogP contribution in [-0.4, -0.2) is 6.04 Å². The van der Waals surface area contributed by atoms with Crippen molar-refractivity contribution in [2.75, 3.05) is 0 Å². The zero-order chi connectivity index (χ0) is 11.8. The molecule has 0 aliphatic heterocycles. The molecular formula is C14H20BrN. The predicted molar refractivity (Wildman–Crippen MR) is 72.7 cm³/mol. The van der Waals surface area contributed by atoms with Gasteiger partial charge in [-0.1, -0.05) is 42.8 Å². The number of rotatable bonds is 3. The van der Waals surface area contributed by atoms with Crippen molar-refractivity contribution in [1.29, 1.82) is 0 Å². The minimum atomic E-state index is 0.220. The van der Waals surface area contributed by atoms with E-state index in [0.29, 0.717) is 0 Å². The van der Waals surface area contributed by atoms with Gasteiger partial charge in [-0.25, -0.2) is 0 Å². The van der Waals surface area contributed by atoms with Crippen LogP contribution >= 0.6 is 15.9 Å². The van der Waals surface area contributed by atoms with E-state index in [1.807, 2.05) is 0 Å². The summed E-state index contributed by atoms with van der Waals surface area (Å²) in [7, 11) is 0. The van der Waals surface area contributed by atoms with Gasteiger partial charge in [-0.15, -0.1) is 0 Å². The molecule has 1 fully saturated rings. The zero-order valence-corrected chi connectivity index (χ0v) is 11.9. The topological polar surface area (TPSA) is 12.0 Å². The van der Waals surface area contributed by atoms with Gasteiger partial charge in [0.05, 0.1) is 0 Å². The van der Waals surface area contributed by atoms with E-state index in [0.717, 1.165) is 12.6 Å². The van der Waals surface area contributed by atoms with Gasteiger partial charge in [0.2, 0.25) is 0 Å². The Morgan fingerprint density at radius 2 is 1.94 bits per heavy atom. The molecule has 0 saturated heterocycles. The molecule has 0 unspecified atom stereocenters. The molecule has 0 bridgehead atoms. The maximum atomic E-state index is 3.60. The van der Waals surface area contributed by atoms with Crippen molar-refractivity contribution in [3.63, 3.8) is 0 Å². The number of benzene rings is 1. The Hall–Kier alpha value is -0.340. The van der Waals surface area contributed by atoms with Gasteiger partial charge in [-0.2, -0.15) is 0 Å². The largest absolute Gasteiger partial charge is 0.310 e. The first kappa shape index (κ1) is 12.1. The van der Waals surface area contributed by atoms with E-state index in [1.165, 1.54) is 28.4 Å². The van der Waals surface area contributed by atoms with E-state index in [2.05, 4.69) is 60.2 Å². The molecule has 0 spiro atoms. The van der Waals surface area contributed by atoms with Gasteiger partial charge >= 0.3 is 0 Å². The first-order valence-corrected chi connectivity index (χ1v) is 6.78. The summed E-state index contributed by atoms with van der Waals surface area (Å²) in [6, 6.07) is 7.53. The van der Waals surface area contributed by atoms with Gasteiger partial charge in [-0.3, -0.25) is 0 Å². The summed E-state index contributed by atoms with van der Waals surface area (Å²) in [5.74, 6) is 0. The van der Waals surface area contributed by atoms with Gasteiger partial charge in [0.1, 0.15) is 0 Å². The molecule has 0 amide bonds. The molecule has 16 heavy (non-hydrogen) atoms. The highest BCUT2D eigenvalue weighted by Crippen LogP contribution is 2.27. The minimum Gasteiger partial charge on any atom is -0.310 e. The lowest BCUT2D eigenvalue weighted by Gasteiger charge is -2.20. The third-order valence-electron chi connectivity index (χ3n) is 3.00. The molecular weight excluding hydrogens is 262 g/mol. The highest BCUT2D eigenvalue weighted by Gasteiger charge is 2.20. The van der Waals surface area contributed by atoms with Crippen LogP contribution < -0.4 is 5.32 Å². The number of nitrogens with one attached hydrogen (secondary N) is 1. The lowest BCUT2D eigenvalue weighted by Crippen LogP contribution is -2.17. The Morgan fingerprint density at radius 3 is 2.50 bits per heavy atom. The predicted octanol–water partition coefficient (Wildman–Crippen LogP) is 4.00. The lowest BCUT2D eigenvalue weighted by molar-refractivity contribution is 0.587. The number of halogens is 1. The van der Waals surface area contributed by atoms with Gasteiger partial charge in [-0.05, 0) is 41.5 Å². The van der Waals surface area contributed by atoms with Crippen LogP contribution in [0.4, 0.5) is 0 Å². The molecule has 1 aliphatic rings. The molecule has 0 radical (unpaired) electrons. The van der Waals surface area contributed by atoms with E-state index in [4.69, 9.17) is 0 Å². The number of hydrogen-bond acceptors (Lipinski definition) is 1. The lowest BCUT2D eigenvalue weighted by atomic mass is 9.86. The summed E-state index contributed by atoms with van der Waals surface area (Å²) < 4.78 is 1.19. The van der Waals surface area contributed by atoms with Crippen molar-refractivity contribution in [1.82, 2.24) is 5.32 Å². The molecule has 1 N–H and O–H groups in total. The standard InChI is InChI=1S/C14H20BrN/c1-14(2,3)11-6-10(7-12(15)8-11)9-16-13-4-5-13/h6-8,13,16H,4-5,9H2,1-3H3. The van der Waals surface area contributed by atoms with Gasteiger partial charge in [0, 0.05) is 17.1 Å². The molecule has 88 valence electrons. The second-order valence-electron chi connectivity index (χ2n) is 5.75. The second-order valence-corrected chi connectivity index (χ2v) is 6.67. The fourth-order valence-electron chi connectivity index (χ4n) is 1.74. The van der Waals surface area contributed by atoms with Crippen molar-refractivity contribution < 1.29 is 0 Å². The minimum absolute atomic E-state index is 0.220. The molecule has 1 aromatic carbocycles. The summed E-state index contributed by atoms with van der Waals surface area (Å²) >= 11 is 3.60. The Bertz CT molecular complexity index is 375. The van der Waals surface area contributed by atoms with Crippen LogP contribution in [0, 0.1) is 0 Å². The summed E-state index contributed by atoms with van der Waals surface area (Å²) in [6.07, 6.45) is 2.69. The van der Waals surface area contributed by atoms with Gasteiger partial charge < -0.3 is 5.32 Å². The Labute approximate surface area is 107 Å². The third-order valence-corrected chi connectivity index (χ3v) is 3.45. The maximum Gasteiger partial charge on any atom is 0.0208 e. The van der Waals surface area contributed by atoms with E-state index in [-0.39, 0.29) is 5.41 Å². The van der Waals surface area contributed by atoms with Crippen LogP contribution in [0.3, 0.4) is 0 Å². The average molecular weight is 282 g/mol. The highest BCUT2D eigenvalue weighted by molar-refractivity contribution is 9.10. The van der Waals surface area contributed by atoms with Crippen molar-refractivity contribution >= 4 is 15.9 Å². The van der Waals surface area contributed by atoms with Gasteiger partial charge in [0.25, 0.3) is 0 Å². The van der Waals surface area contributed by atoms with Crippen LogP contribution in [0.1, 0.15) is 44.7 Å². The average Bonchev–Trinajstić information content (AvgIpc) is 2.96. The summed E-state index contributed by atoms with van der Waals surface area (Å²) in [5.41, 5.74) is 3.00. The Morgan fingerprint density at radius 1 is 1.25 bits per heavy atom. The molecule has 1 nitrogen and oxygen atoms in total. The van der Waals surface area contributed by atoms with Crippen molar-refractivity contribution in [3.05, 3.63) is 33.8 Å². The second kappa shape index (κ2) is 4.50. The van der Waals surface area contributed by atoms with Crippen LogP contribution in [0.15, 0.2) is 22.7 Å². The SMILES string of the molecule is CC(C)(C)c1cc(Br)cc(CNC2CC2)c1. The van der Waals surface area contributed by atoms with Crippen molar-refractivity contribution in [2.45, 2.75) is 51.6 Å². The Balaban J connectivity index is 2.14.